The number of pyridine rings is 1. The normalized spacial score (nSPS) is 18.1. The van der Waals surface area contributed by atoms with Gasteiger partial charge < -0.3 is 9.15 Å². The molecule has 1 aliphatic heterocycles. The highest BCUT2D eigenvalue weighted by Gasteiger charge is 2.20. The summed E-state index contributed by atoms with van der Waals surface area (Å²) in [5.41, 5.74) is 6.42. The fraction of sp³-hybridized carbons (Fsp3) is 0.250. The van der Waals surface area contributed by atoms with Gasteiger partial charge in [-0.05, 0) is 28.8 Å². The van der Waals surface area contributed by atoms with Crippen LogP contribution in [0.1, 0.15) is 24.0 Å². The first-order valence-corrected chi connectivity index (χ1v) is 6.71. The molecule has 4 heteroatoms. The Morgan fingerprint density at radius 3 is 3.15 bits per heavy atom. The van der Waals surface area contributed by atoms with Crippen molar-refractivity contribution in [1.82, 2.24) is 9.97 Å². The number of benzene rings is 1. The van der Waals surface area contributed by atoms with E-state index in [2.05, 4.69) is 16.9 Å². The lowest BCUT2D eigenvalue weighted by molar-refractivity contribution is 0.0953. The second-order valence-electron chi connectivity index (χ2n) is 5.21. The molecule has 0 N–H and O–H groups in total. The molecule has 1 aromatic carbocycles. The van der Waals surface area contributed by atoms with Crippen LogP contribution in [0.3, 0.4) is 0 Å². The van der Waals surface area contributed by atoms with Gasteiger partial charge in [-0.3, -0.25) is 4.98 Å². The zero-order valence-electron chi connectivity index (χ0n) is 11.2. The molecule has 0 radical (unpaired) electrons. The third kappa shape index (κ3) is 1.72. The molecule has 1 atom stereocenters. The van der Waals surface area contributed by atoms with Crippen molar-refractivity contribution in [2.75, 3.05) is 6.61 Å². The number of fused-ring (bicyclic) bond motifs is 2. The van der Waals surface area contributed by atoms with Crippen LogP contribution in [-0.2, 0) is 11.3 Å². The fourth-order valence-corrected chi connectivity index (χ4v) is 2.79. The first-order chi connectivity index (χ1) is 9.83. The van der Waals surface area contributed by atoms with Crippen molar-refractivity contribution in [2.45, 2.75) is 19.4 Å². The minimum atomic E-state index is 0.391. The van der Waals surface area contributed by atoms with Gasteiger partial charge in [0, 0.05) is 23.9 Å². The van der Waals surface area contributed by atoms with Gasteiger partial charge in [0.05, 0.1) is 13.2 Å². The zero-order chi connectivity index (χ0) is 13.5. The molecule has 0 aliphatic carbocycles. The SMILES string of the molecule is CC1COCc2c(-c3ccc4ocnc4c3)cncc21. The highest BCUT2D eigenvalue weighted by atomic mass is 16.5. The lowest BCUT2D eigenvalue weighted by Gasteiger charge is -2.24. The van der Waals surface area contributed by atoms with E-state index < -0.39 is 0 Å². The van der Waals surface area contributed by atoms with E-state index in [9.17, 15) is 0 Å². The third-order valence-corrected chi connectivity index (χ3v) is 3.88. The van der Waals surface area contributed by atoms with E-state index in [-0.39, 0.29) is 0 Å². The van der Waals surface area contributed by atoms with Gasteiger partial charge in [0.25, 0.3) is 0 Å². The fourth-order valence-electron chi connectivity index (χ4n) is 2.79. The van der Waals surface area contributed by atoms with Gasteiger partial charge in [-0.15, -0.1) is 0 Å². The number of hydrogen-bond donors (Lipinski definition) is 0. The summed E-state index contributed by atoms with van der Waals surface area (Å²) in [4.78, 5) is 8.61. The first-order valence-electron chi connectivity index (χ1n) is 6.71. The van der Waals surface area contributed by atoms with E-state index in [0.717, 1.165) is 28.8 Å². The second kappa shape index (κ2) is 4.42. The number of nitrogens with zero attached hydrogens (tertiary/aromatic N) is 2. The van der Waals surface area contributed by atoms with Crippen LogP contribution in [0.2, 0.25) is 0 Å². The van der Waals surface area contributed by atoms with Gasteiger partial charge in [-0.2, -0.15) is 0 Å². The quantitative estimate of drug-likeness (QED) is 0.676. The predicted octanol–water partition coefficient (Wildman–Crippen LogP) is 3.52. The van der Waals surface area contributed by atoms with E-state index in [4.69, 9.17) is 9.15 Å². The first kappa shape index (κ1) is 11.6. The van der Waals surface area contributed by atoms with Crippen molar-refractivity contribution < 1.29 is 9.15 Å². The van der Waals surface area contributed by atoms with Crippen LogP contribution < -0.4 is 0 Å². The van der Waals surface area contributed by atoms with Gasteiger partial charge in [0.1, 0.15) is 5.52 Å². The van der Waals surface area contributed by atoms with E-state index in [0.29, 0.717) is 12.5 Å². The van der Waals surface area contributed by atoms with Gasteiger partial charge >= 0.3 is 0 Å². The molecule has 3 heterocycles. The molecule has 0 spiro atoms. The minimum Gasteiger partial charge on any atom is -0.443 e. The third-order valence-electron chi connectivity index (χ3n) is 3.88. The van der Waals surface area contributed by atoms with Gasteiger partial charge in [0.2, 0.25) is 0 Å². The number of aromatic nitrogens is 2. The summed E-state index contributed by atoms with van der Waals surface area (Å²) in [6, 6.07) is 6.03. The molecule has 100 valence electrons. The van der Waals surface area contributed by atoms with Crippen LogP contribution in [0.25, 0.3) is 22.2 Å². The maximum atomic E-state index is 5.68. The van der Waals surface area contributed by atoms with Crippen molar-refractivity contribution in [3.8, 4) is 11.1 Å². The summed E-state index contributed by atoms with van der Waals surface area (Å²) in [6.07, 6.45) is 5.33. The number of rotatable bonds is 1. The molecule has 0 saturated heterocycles. The van der Waals surface area contributed by atoms with E-state index in [1.807, 2.05) is 30.6 Å². The Kier molecular flexibility index (Phi) is 2.57. The average molecular weight is 266 g/mol. The Balaban J connectivity index is 1.91. The Labute approximate surface area is 116 Å². The van der Waals surface area contributed by atoms with Crippen LogP contribution >= 0.6 is 0 Å². The largest absolute Gasteiger partial charge is 0.443 e. The Morgan fingerprint density at radius 1 is 1.25 bits per heavy atom. The molecule has 2 aromatic heterocycles. The smallest absolute Gasteiger partial charge is 0.181 e. The van der Waals surface area contributed by atoms with E-state index in [1.165, 1.54) is 17.5 Å². The molecule has 3 aromatic rings. The van der Waals surface area contributed by atoms with E-state index in [1.54, 1.807) is 0 Å². The van der Waals surface area contributed by atoms with Crippen LogP contribution in [-0.4, -0.2) is 16.6 Å². The Hall–Kier alpha value is -2.20. The summed E-state index contributed by atoms with van der Waals surface area (Å²) in [7, 11) is 0. The maximum Gasteiger partial charge on any atom is 0.181 e. The summed E-state index contributed by atoms with van der Waals surface area (Å²) in [6.45, 7) is 3.58. The molecule has 20 heavy (non-hydrogen) atoms. The lowest BCUT2D eigenvalue weighted by atomic mass is 9.91. The molecular formula is C16H14N2O2. The van der Waals surface area contributed by atoms with Crippen LogP contribution in [0, 0.1) is 0 Å². The molecule has 1 aliphatic rings. The number of oxazole rings is 1. The number of hydrogen-bond acceptors (Lipinski definition) is 4. The van der Waals surface area contributed by atoms with Crippen LogP contribution in [0.5, 0.6) is 0 Å². The minimum absolute atomic E-state index is 0.391. The van der Waals surface area contributed by atoms with Gasteiger partial charge in [-0.1, -0.05) is 13.0 Å². The summed E-state index contributed by atoms with van der Waals surface area (Å²) >= 11 is 0. The zero-order valence-corrected chi connectivity index (χ0v) is 11.2. The van der Waals surface area contributed by atoms with Crippen LogP contribution in [0.15, 0.2) is 41.4 Å². The Morgan fingerprint density at radius 2 is 2.20 bits per heavy atom. The van der Waals surface area contributed by atoms with Gasteiger partial charge in [-0.25, -0.2) is 4.98 Å². The van der Waals surface area contributed by atoms with Crippen LogP contribution in [0.4, 0.5) is 0 Å². The monoisotopic (exact) mass is 266 g/mol. The summed E-state index contributed by atoms with van der Waals surface area (Å²) in [5, 5.41) is 0. The van der Waals surface area contributed by atoms with Crippen molar-refractivity contribution in [3.05, 3.63) is 48.1 Å². The molecule has 4 nitrogen and oxygen atoms in total. The van der Waals surface area contributed by atoms with E-state index >= 15 is 0 Å². The topological polar surface area (TPSA) is 48.2 Å². The van der Waals surface area contributed by atoms with Crippen molar-refractivity contribution in [2.24, 2.45) is 0 Å². The molecular weight excluding hydrogens is 252 g/mol. The predicted molar refractivity (Wildman–Crippen MR) is 75.3 cm³/mol. The highest BCUT2D eigenvalue weighted by Crippen LogP contribution is 2.34. The summed E-state index contributed by atoms with van der Waals surface area (Å²) in [5.74, 6) is 0.391. The van der Waals surface area contributed by atoms with Crippen molar-refractivity contribution in [1.29, 1.82) is 0 Å². The number of ether oxygens (including phenoxy) is 1. The van der Waals surface area contributed by atoms with Crippen molar-refractivity contribution in [3.63, 3.8) is 0 Å². The standard InChI is InChI=1S/C16H14N2O2/c1-10-7-19-8-14-12(10)5-17-6-13(14)11-2-3-16-15(4-11)18-9-20-16/h2-6,9-10H,7-8H2,1H3. The Bertz CT molecular complexity index is 779. The molecule has 0 bridgehead atoms. The maximum absolute atomic E-state index is 5.68. The lowest BCUT2D eigenvalue weighted by Crippen LogP contribution is -2.15. The average Bonchev–Trinajstić information content (AvgIpc) is 2.94. The second-order valence-corrected chi connectivity index (χ2v) is 5.21. The molecule has 1 unspecified atom stereocenters. The van der Waals surface area contributed by atoms with Crippen molar-refractivity contribution >= 4 is 11.1 Å². The molecule has 0 amide bonds. The molecule has 0 fully saturated rings. The van der Waals surface area contributed by atoms with Gasteiger partial charge in [0.15, 0.2) is 12.0 Å². The highest BCUT2D eigenvalue weighted by molar-refractivity contribution is 5.81. The molecule has 4 rings (SSSR count). The summed E-state index contributed by atoms with van der Waals surface area (Å²) < 4.78 is 11.0. The molecule has 0 saturated carbocycles.